The first-order valence-corrected chi connectivity index (χ1v) is 13.8. The Morgan fingerprint density at radius 2 is 1.00 bits per heavy atom. The molecule has 0 amide bonds. The molecule has 0 aromatic carbocycles. The van der Waals surface area contributed by atoms with E-state index in [1.807, 2.05) is 0 Å². The smallest absolute Gasteiger partial charge is 0.187 e. The summed E-state index contributed by atoms with van der Waals surface area (Å²) in [5.41, 5.74) is 29.9. The molecule has 0 radical (unpaired) electrons. The van der Waals surface area contributed by atoms with E-state index in [-0.39, 0.29) is 13.0 Å². The highest BCUT2D eigenvalue weighted by molar-refractivity contribution is 5.02. The third-order valence-corrected chi connectivity index (χ3v) is 8.32. The Morgan fingerprint density at radius 3 is 1.55 bits per heavy atom. The maximum Gasteiger partial charge on any atom is 0.187 e. The fourth-order valence-corrected chi connectivity index (χ4v) is 5.70. The SMILES string of the molecule is NC[C@@H]1O[C@H](O[C@@H]2[C@@H](O)[C@H](O[C@@H]3[C@@H](O)[C@H](N)C[C@H](N)[C@H]3O[C@H]3O[C@H](CO)[C@@H](O)[C@H](O)[C@H]3N)O[C@@H]2CO)[C@H](N)[C@@H](O)[C@@H]1O. The fraction of sp³-hybridized carbons (Fsp3) is 1.00. The summed E-state index contributed by atoms with van der Waals surface area (Å²) in [5, 5.41) is 82.3. The van der Waals surface area contributed by atoms with Gasteiger partial charge in [-0.15, -0.1) is 0 Å². The Morgan fingerprint density at radius 1 is 0.524 bits per heavy atom. The molecule has 0 aromatic rings. The van der Waals surface area contributed by atoms with Gasteiger partial charge in [-0.25, -0.2) is 0 Å². The molecule has 3 saturated heterocycles. The molecule has 246 valence electrons. The Balaban J connectivity index is 1.50. The molecule has 4 fully saturated rings. The van der Waals surface area contributed by atoms with Gasteiger partial charge in [-0.3, -0.25) is 0 Å². The molecule has 0 bridgehead atoms. The first kappa shape index (κ1) is 34.1. The average Bonchev–Trinajstić information content (AvgIpc) is 3.27. The van der Waals surface area contributed by atoms with Crippen molar-refractivity contribution in [2.75, 3.05) is 19.8 Å². The zero-order chi connectivity index (χ0) is 31.0. The topological polar surface area (TPSA) is 347 Å². The molecule has 42 heavy (non-hydrogen) atoms. The molecule has 19 nitrogen and oxygen atoms in total. The highest BCUT2D eigenvalue weighted by Gasteiger charge is 2.54. The Bertz CT molecular complexity index is 866. The lowest BCUT2D eigenvalue weighted by atomic mass is 9.84. The second kappa shape index (κ2) is 14.1. The van der Waals surface area contributed by atoms with E-state index in [9.17, 15) is 40.9 Å². The Kier molecular flexibility index (Phi) is 11.5. The second-order valence-electron chi connectivity index (χ2n) is 11.2. The minimum atomic E-state index is -1.62. The van der Waals surface area contributed by atoms with E-state index < -0.39 is 129 Å². The Labute approximate surface area is 240 Å². The summed E-state index contributed by atoms with van der Waals surface area (Å²) in [6, 6.07) is -4.30. The molecule has 19 heteroatoms. The van der Waals surface area contributed by atoms with Gasteiger partial charge in [0.15, 0.2) is 18.9 Å². The van der Waals surface area contributed by atoms with Crippen molar-refractivity contribution in [3.63, 3.8) is 0 Å². The summed E-state index contributed by atoms with van der Waals surface area (Å²) in [5.74, 6) is 0. The summed E-state index contributed by atoms with van der Waals surface area (Å²) in [6.07, 6.45) is -20.5. The van der Waals surface area contributed by atoms with E-state index in [1.54, 1.807) is 0 Å². The lowest BCUT2D eigenvalue weighted by molar-refractivity contribution is -0.310. The van der Waals surface area contributed by atoms with Crippen LogP contribution >= 0.6 is 0 Å². The molecule has 4 rings (SSSR count). The minimum absolute atomic E-state index is 0.0642. The van der Waals surface area contributed by atoms with Gasteiger partial charge in [0.1, 0.15) is 67.1 Å². The van der Waals surface area contributed by atoms with Gasteiger partial charge in [0.05, 0.1) is 31.4 Å². The zero-order valence-corrected chi connectivity index (χ0v) is 22.7. The third-order valence-electron chi connectivity index (χ3n) is 8.32. The maximum atomic E-state index is 11.1. The molecule has 4 aliphatic rings. The summed E-state index contributed by atoms with van der Waals surface area (Å²) >= 11 is 0. The molecule has 0 unspecified atom stereocenters. The summed E-state index contributed by atoms with van der Waals surface area (Å²) < 4.78 is 34.4. The van der Waals surface area contributed by atoms with Crippen LogP contribution in [0.4, 0.5) is 0 Å². The molecule has 19 atom stereocenters. The molecular formula is C23H45N5O14. The van der Waals surface area contributed by atoms with Crippen molar-refractivity contribution < 1.29 is 69.3 Å². The number of nitrogens with two attached hydrogens (primary N) is 5. The number of aliphatic hydroxyl groups is 8. The number of hydrogen-bond donors (Lipinski definition) is 13. The van der Waals surface area contributed by atoms with Crippen LogP contribution in [0.5, 0.6) is 0 Å². The van der Waals surface area contributed by atoms with E-state index in [2.05, 4.69) is 0 Å². The van der Waals surface area contributed by atoms with E-state index in [4.69, 9.17) is 57.1 Å². The van der Waals surface area contributed by atoms with Gasteiger partial charge >= 0.3 is 0 Å². The zero-order valence-electron chi connectivity index (χ0n) is 22.7. The second-order valence-corrected chi connectivity index (χ2v) is 11.2. The number of aliphatic hydroxyl groups excluding tert-OH is 8. The number of ether oxygens (including phenoxy) is 6. The van der Waals surface area contributed by atoms with Crippen LogP contribution in [-0.2, 0) is 28.4 Å². The highest BCUT2D eigenvalue weighted by atomic mass is 16.8. The van der Waals surface area contributed by atoms with Crippen molar-refractivity contribution in [3.8, 4) is 0 Å². The molecule has 3 heterocycles. The van der Waals surface area contributed by atoms with E-state index in [0.717, 1.165) is 0 Å². The van der Waals surface area contributed by atoms with Crippen LogP contribution in [0.3, 0.4) is 0 Å². The van der Waals surface area contributed by atoms with Gasteiger partial charge in [0.25, 0.3) is 0 Å². The van der Waals surface area contributed by atoms with Gasteiger partial charge < -0.3 is 97.9 Å². The highest BCUT2D eigenvalue weighted by Crippen LogP contribution is 2.34. The van der Waals surface area contributed by atoms with Crippen LogP contribution in [0.1, 0.15) is 6.42 Å². The molecule has 0 spiro atoms. The predicted octanol–water partition coefficient (Wildman–Crippen LogP) is -8.86. The summed E-state index contributed by atoms with van der Waals surface area (Å²) in [4.78, 5) is 0. The van der Waals surface area contributed by atoms with Crippen molar-refractivity contribution in [3.05, 3.63) is 0 Å². The monoisotopic (exact) mass is 615 g/mol. The van der Waals surface area contributed by atoms with Gasteiger partial charge in [-0.05, 0) is 6.42 Å². The quantitative estimate of drug-likeness (QED) is 0.114. The van der Waals surface area contributed by atoms with Crippen LogP contribution in [0.25, 0.3) is 0 Å². The van der Waals surface area contributed by atoms with Crippen LogP contribution in [0.15, 0.2) is 0 Å². The lowest BCUT2D eigenvalue weighted by Gasteiger charge is -2.47. The molecule has 1 aliphatic carbocycles. The molecule has 1 saturated carbocycles. The van der Waals surface area contributed by atoms with Gasteiger partial charge in [0.2, 0.25) is 0 Å². The average molecular weight is 616 g/mol. The first-order valence-electron chi connectivity index (χ1n) is 13.8. The Hall–Kier alpha value is -0.760. The van der Waals surface area contributed by atoms with Crippen LogP contribution < -0.4 is 28.7 Å². The van der Waals surface area contributed by atoms with Crippen molar-refractivity contribution >= 4 is 0 Å². The van der Waals surface area contributed by atoms with Crippen LogP contribution in [0, 0.1) is 0 Å². The molecule has 3 aliphatic heterocycles. The largest absolute Gasteiger partial charge is 0.394 e. The fourth-order valence-electron chi connectivity index (χ4n) is 5.70. The summed E-state index contributed by atoms with van der Waals surface area (Å²) in [7, 11) is 0. The van der Waals surface area contributed by atoms with Crippen molar-refractivity contribution in [2.24, 2.45) is 28.7 Å². The first-order chi connectivity index (χ1) is 19.8. The molecule has 18 N–H and O–H groups in total. The molecular weight excluding hydrogens is 570 g/mol. The van der Waals surface area contributed by atoms with E-state index in [0.29, 0.717) is 0 Å². The van der Waals surface area contributed by atoms with E-state index in [1.165, 1.54) is 0 Å². The third kappa shape index (κ3) is 6.60. The number of hydrogen-bond acceptors (Lipinski definition) is 19. The standard InChI is InChI=1S/C23H45N5O14/c24-2-7-13(32)15(34)10(27)21(37-7)41-19-9(4-30)39-23(17(19)36)42-20-12(31)5(25)1-6(26)18(20)40-22-11(28)16(35)14(33)8(3-29)38-22/h5-23,29-36H,1-4,24-28H2/t5-,6+,7+,8-,9-,10-,11-,12+,13-,14-,15-,16-,17-,18-,19+,20-,21-,22-,23+/m1/s1. The van der Waals surface area contributed by atoms with Crippen molar-refractivity contribution in [1.82, 2.24) is 0 Å². The molecule has 0 aromatic heterocycles. The predicted molar refractivity (Wildman–Crippen MR) is 136 cm³/mol. The van der Waals surface area contributed by atoms with Crippen LogP contribution in [-0.4, -0.2) is 177 Å². The van der Waals surface area contributed by atoms with Gasteiger partial charge in [0, 0.05) is 18.6 Å². The van der Waals surface area contributed by atoms with Gasteiger partial charge in [-0.2, -0.15) is 0 Å². The van der Waals surface area contributed by atoms with Crippen molar-refractivity contribution in [2.45, 2.75) is 123 Å². The van der Waals surface area contributed by atoms with Crippen molar-refractivity contribution in [1.29, 1.82) is 0 Å². The summed E-state index contributed by atoms with van der Waals surface area (Å²) in [6.45, 7) is -1.49. The minimum Gasteiger partial charge on any atom is -0.394 e. The lowest BCUT2D eigenvalue weighted by Crippen LogP contribution is -2.68. The maximum absolute atomic E-state index is 11.1. The van der Waals surface area contributed by atoms with E-state index >= 15 is 0 Å². The number of rotatable bonds is 9. The van der Waals surface area contributed by atoms with Crippen LogP contribution in [0.2, 0.25) is 0 Å². The van der Waals surface area contributed by atoms with Gasteiger partial charge in [-0.1, -0.05) is 0 Å². The normalized spacial score (nSPS) is 53.8.